The molecule has 2 aliphatic carbocycles. The van der Waals surface area contributed by atoms with Crippen molar-refractivity contribution in [1.82, 2.24) is 10.6 Å². The fourth-order valence-corrected chi connectivity index (χ4v) is 7.64. The lowest BCUT2D eigenvalue weighted by molar-refractivity contribution is -0.146. The van der Waals surface area contributed by atoms with Crippen molar-refractivity contribution in [3.05, 3.63) is 96.1 Å². The van der Waals surface area contributed by atoms with Gasteiger partial charge in [0.2, 0.25) is 11.8 Å². The first-order chi connectivity index (χ1) is 21.6. The molecule has 6 rings (SSSR count). The molecule has 0 radical (unpaired) electrons. The molecular formula is C39H46N2O4. The van der Waals surface area contributed by atoms with Crippen molar-refractivity contribution in [3.63, 3.8) is 0 Å². The fraction of sp³-hybridized carbons (Fsp3) is 0.436. The highest BCUT2D eigenvalue weighted by molar-refractivity contribution is 6.05. The van der Waals surface area contributed by atoms with Crippen LogP contribution in [0, 0.1) is 5.41 Å². The van der Waals surface area contributed by atoms with Gasteiger partial charge in [-0.25, -0.2) is 0 Å². The predicted octanol–water partition coefficient (Wildman–Crippen LogP) is 7.42. The van der Waals surface area contributed by atoms with E-state index in [1.165, 1.54) is 0 Å². The molecule has 0 spiro atoms. The van der Waals surface area contributed by atoms with E-state index < -0.39 is 40.5 Å². The first kappa shape index (κ1) is 31.3. The van der Waals surface area contributed by atoms with Gasteiger partial charge in [0.1, 0.15) is 5.41 Å². The molecule has 0 aromatic heterocycles. The number of benzene rings is 4. The largest absolute Gasteiger partial charge is 0.387 e. The van der Waals surface area contributed by atoms with Crippen molar-refractivity contribution >= 4 is 33.4 Å². The van der Waals surface area contributed by atoms with Crippen LogP contribution in [0.5, 0.6) is 0 Å². The van der Waals surface area contributed by atoms with Crippen molar-refractivity contribution in [3.8, 4) is 0 Å². The average molecular weight is 607 g/mol. The number of carbonyl (C=O) groups is 2. The molecule has 2 fully saturated rings. The molecule has 2 atom stereocenters. The quantitative estimate of drug-likeness (QED) is 0.157. The van der Waals surface area contributed by atoms with Crippen molar-refractivity contribution in [2.45, 2.75) is 101 Å². The molecular weight excluding hydrogens is 560 g/mol. The van der Waals surface area contributed by atoms with E-state index in [0.717, 1.165) is 71.2 Å². The Labute approximate surface area is 266 Å². The zero-order valence-corrected chi connectivity index (χ0v) is 26.5. The third-order valence-corrected chi connectivity index (χ3v) is 10.5. The summed E-state index contributed by atoms with van der Waals surface area (Å²) in [6.45, 7) is 3.27. The monoisotopic (exact) mass is 606 g/mol. The van der Waals surface area contributed by atoms with E-state index in [4.69, 9.17) is 0 Å². The van der Waals surface area contributed by atoms with Gasteiger partial charge in [-0.15, -0.1) is 0 Å². The van der Waals surface area contributed by atoms with E-state index in [-0.39, 0.29) is 0 Å². The minimum Gasteiger partial charge on any atom is -0.387 e. The molecule has 6 heteroatoms. The number of hydrogen-bond donors (Lipinski definition) is 4. The van der Waals surface area contributed by atoms with Crippen LogP contribution in [0.15, 0.2) is 84.9 Å². The summed E-state index contributed by atoms with van der Waals surface area (Å²) >= 11 is 0. The summed E-state index contributed by atoms with van der Waals surface area (Å²) in [5.41, 5.74) is -2.04. The van der Waals surface area contributed by atoms with Gasteiger partial charge in [-0.05, 0) is 72.2 Å². The summed E-state index contributed by atoms with van der Waals surface area (Å²) in [6.07, 6.45) is 7.90. The molecule has 4 N–H and O–H groups in total. The van der Waals surface area contributed by atoms with Crippen LogP contribution >= 0.6 is 0 Å². The van der Waals surface area contributed by atoms with Gasteiger partial charge < -0.3 is 20.8 Å². The minimum atomic E-state index is -1.48. The lowest BCUT2D eigenvalue weighted by atomic mass is 9.75. The van der Waals surface area contributed by atoms with Crippen LogP contribution in [0.1, 0.15) is 101 Å². The van der Waals surface area contributed by atoms with Gasteiger partial charge >= 0.3 is 0 Å². The molecule has 0 bridgehead atoms. The zero-order chi connectivity index (χ0) is 31.7. The Hall–Kier alpha value is -3.74. The highest BCUT2D eigenvalue weighted by Gasteiger charge is 2.47. The first-order valence-electron chi connectivity index (χ1n) is 16.6. The van der Waals surface area contributed by atoms with Crippen molar-refractivity contribution in [1.29, 1.82) is 0 Å². The number of hydrogen-bond acceptors (Lipinski definition) is 4. The van der Waals surface area contributed by atoms with E-state index in [0.29, 0.717) is 25.7 Å². The molecule has 0 unspecified atom stereocenters. The second-order valence-corrected chi connectivity index (χ2v) is 13.9. The second-order valence-electron chi connectivity index (χ2n) is 13.9. The third-order valence-electron chi connectivity index (χ3n) is 10.5. The maximum Gasteiger partial charge on any atom is 0.235 e. The predicted molar refractivity (Wildman–Crippen MR) is 180 cm³/mol. The van der Waals surface area contributed by atoms with Crippen LogP contribution in [0.3, 0.4) is 0 Å². The molecule has 0 saturated heterocycles. The second kappa shape index (κ2) is 12.6. The Morgan fingerprint density at radius 3 is 1.33 bits per heavy atom. The van der Waals surface area contributed by atoms with Gasteiger partial charge in [0.15, 0.2) is 0 Å². The van der Waals surface area contributed by atoms with Gasteiger partial charge in [-0.1, -0.05) is 123 Å². The van der Waals surface area contributed by atoms with Gasteiger partial charge in [0.05, 0.1) is 23.3 Å². The fourth-order valence-electron chi connectivity index (χ4n) is 7.64. The number of amides is 2. The molecule has 2 amide bonds. The zero-order valence-electron chi connectivity index (χ0n) is 26.5. The minimum absolute atomic E-state index is 0.454. The summed E-state index contributed by atoms with van der Waals surface area (Å²) < 4.78 is 0. The van der Waals surface area contributed by atoms with Crippen LogP contribution in [0.25, 0.3) is 21.5 Å². The highest BCUT2D eigenvalue weighted by atomic mass is 16.3. The summed E-state index contributed by atoms with van der Waals surface area (Å²) in [7, 11) is 0. The number of carbonyl (C=O) groups excluding carboxylic acids is 2. The topological polar surface area (TPSA) is 98.7 Å². The van der Waals surface area contributed by atoms with Gasteiger partial charge in [0, 0.05) is 0 Å². The molecule has 2 aliphatic rings. The standard InChI is InChI=1S/C39H46N2O4/c1-37(2,35(42)40-33(38(44)23-9-3-10-24-38)31-21-13-17-27-15-5-7-19-29(27)31)36(43)41-34(39(45)25-11-4-12-26-39)32-22-14-18-28-16-6-8-20-30(28)32/h5-8,13-22,33-34,44-45H,3-4,9-12,23-26H2,1-2H3,(H,40,42)(H,41,43)/t33-,34-/m1/s1. The van der Waals surface area contributed by atoms with Crippen LogP contribution in [0.4, 0.5) is 0 Å². The smallest absolute Gasteiger partial charge is 0.235 e. The summed E-state index contributed by atoms with van der Waals surface area (Å²) in [4.78, 5) is 28.5. The number of rotatable bonds is 8. The Morgan fingerprint density at radius 2 is 0.933 bits per heavy atom. The van der Waals surface area contributed by atoms with Crippen LogP contribution < -0.4 is 10.6 Å². The van der Waals surface area contributed by atoms with E-state index in [1.807, 2.05) is 84.9 Å². The highest BCUT2D eigenvalue weighted by Crippen LogP contribution is 2.43. The van der Waals surface area contributed by atoms with E-state index >= 15 is 0 Å². The maximum atomic E-state index is 14.3. The van der Waals surface area contributed by atoms with Crippen molar-refractivity contribution < 1.29 is 19.8 Å². The molecule has 6 nitrogen and oxygen atoms in total. The number of aliphatic hydroxyl groups is 2. The molecule has 45 heavy (non-hydrogen) atoms. The van der Waals surface area contributed by atoms with Crippen LogP contribution in [-0.2, 0) is 9.59 Å². The van der Waals surface area contributed by atoms with Crippen LogP contribution in [-0.4, -0.2) is 33.2 Å². The molecule has 4 aromatic rings. The van der Waals surface area contributed by atoms with Gasteiger partial charge in [-0.3, -0.25) is 9.59 Å². The molecule has 4 aromatic carbocycles. The van der Waals surface area contributed by atoms with E-state index in [1.54, 1.807) is 13.8 Å². The molecule has 236 valence electrons. The Balaban J connectivity index is 1.33. The molecule has 2 saturated carbocycles. The Bertz CT molecular complexity index is 1550. The van der Waals surface area contributed by atoms with E-state index in [2.05, 4.69) is 10.6 Å². The van der Waals surface area contributed by atoms with Gasteiger partial charge in [0.25, 0.3) is 0 Å². The summed E-state index contributed by atoms with van der Waals surface area (Å²) in [5, 5.41) is 34.5. The third kappa shape index (κ3) is 6.10. The van der Waals surface area contributed by atoms with Crippen LogP contribution in [0.2, 0.25) is 0 Å². The van der Waals surface area contributed by atoms with E-state index in [9.17, 15) is 19.8 Å². The lowest BCUT2D eigenvalue weighted by Gasteiger charge is -2.42. The molecule has 0 heterocycles. The number of nitrogens with one attached hydrogen (secondary N) is 2. The maximum absolute atomic E-state index is 14.3. The van der Waals surface area contributed by atoms with Crippen molar-refractivity contribution in [2.24, 2.45) is 5.41 Å². The molecule has 0 aliphatic heterocycles. The normalized spacial score (nSPS) is 19.5. The summed E-state index contributed by atoms with van der Waals surface area (Å²) in [5.74, 6) is -0.909. The summed E-state index contributed by atoms with van der Waals surface area (Å²) in [6, 6.07) is 26.6. The van der Waals surface area contributed by atoms with Crippen molar-refractivity contribution in [2.75, 3.05) is 0 Å². The first-order valence-corrected chi connectivity index (χ1v) is 16.6. The Morgan fingerprint density at radius 1 is 0.578 bits per heavy atom. The lowest BCUT2D eigenvalue weighted by Crippen LogP contribution is -2.56. The van der Waals surface area contributed by atoms with Gasteiger partial charge in [-0.2, -0.15) is 0 Å². The SMILES string of the molecule is CC(C)(C(=O)N[C@H](c1cccc2ccccc12)C1(O)CCCCC1)C(=O)N[C@H](c1cccc2ccccc12)C1(O)CCCCC1. The average Bonchev–Trinajstić information content (AvgIpc) is 3.06. The number of fused-ring (bicyclic) bond motifs is 2. The Kier molecular flexibility index (Phi) is 8.73.